The lowest BCUT2D eigenvalue weighted by Crippen LogP contribution is -2.57. The van der Waals surface area contributed by atoms with Gasteiger partial charge in [-0.2, -0.15) is 0 Å². The van der Waals surface area contributed by atoms with Gasteiger partial charge in [0.1, 0.15) is 18.1 Å². The van der Waals surface area contributed by atoms with Crippen LogP contribution in [0.25, 0.3) is 0 Å². The average Bonchev–Trinajstić information content (AvgIpc) is 3.65. The zero-order valence-electron chi connectivity index (χ0n) is 22.0. The maximum Gasteiger partial charge on any atom is 0.326 e. The summed E-state index contributed by atoms with van der Waals surface area (Å²) in [5.74, 6) is -2.61. The third-order valence-electron chi connectivity index (χ3n) is 6.96. The summed E-state index contributed by atoms with van der Waals surface area (Å²) in [5.41, 5.74) is 8.41. The van der Waals surface area contributed by atoms with Crippen LogP contribution >= 0.6 is 0 Å². The maximum atomic E-state index is 13.8. The molecule has 1 aliphatic rings. The lowest BCUT2D eigenvalue weighted by molar-refractivity contribution is -0.144. The molecule has 1 aliphatic heterocycles. The first-order valence-electron chi connectivity index (χ1n) is 13.3. The molecule has 2 heterocycles. The van der Waals surface area contributed by atoms with Gasteiger partial charge in [-0.25, -0.2) is 9.78 Å². The van der Waals surface area contributed by atoms with Crippen molar-refractivity contribution >= 4 is 23.7 Å². The number of imidazole rings is 1. The Kier molecular flexibility index (Phi) is 9.63. The topological polar surface area (TPSA) is 171 Å². The van der Waals surface area contributed by atoms with Gasteiger partial charge in [0.15, 0.2) is 0 Å². The van der Waals surface area contributed by atoms with Gasteiger partial charge in [-0.3, -0.25) is 14.4 Å². The first-order chi connectivity index (χ1) is 19.3. The van der Waals surface area contributed by atoms with Crippen molar-refractivity contribution in [2.75, 3.05) is 6.54 Å². The highest BCUT2D eigenvalue weighted by Crippen LogP contribution is 2.20. The highest BCUT2D eigenvalue weighted by atomic mass is 16.4. The number of aromatic nitrogens is 2. The molecule has 0 bridgehead atoms. The lowest BCUT2D eigenvalue weighted by atomic mass is 10.0. The van der Waals surface area contributed by atoms with Gasteiger partial charge in [0.05, 0.1) is 12.4 Å². The molecule has 3 amide bonds. The molecule has 40 heavy (non-hydrogen) atoms. The number of carbonyl (C=O) groups is 4. The highest BCUT2D eigenvalue weighted by molar-refractivity contribution is 5.94. The highest BCUT2D eigenvalue weighted by Gasteiger charge is 2.39. The van der Waals surface area contributed by atoms with Gasteiger partial charge in [0.2, 0.25) is 17.7 Å². The molecule has 2 aromatic carbocycles. The third-order valence-corrected chi connectivity index (χ3v) is 6.96. The van der Waals surface area contributed by atoms with Crippen molar-refractivity contribution in [3.63, 3.8) is 0 Å². The second kappa shape index (κ2) is 13.5. The third kappa shape index (κ3) is 7.54. The molecule has 4 rings (SSSR count). The number of rotatable bonds is 12. The van der Waals surface area contributed by atoms with E-state index in [-0.39, 0.29) is 19.3 Å². The van der Waals surface area contributed by atoms with E-state index in [1.807, 2.05) is 36.4 Å². The number of carboxylic acids is 1. The normalized spacial score (nSPS) is 17.0. The van der Waals surface area contributed by atoms with Crippen LogP contribution in [0.5, 0.6) is 0 Å². The predicted octanol–water partition coefficient (Wildman–Crippen LogP) is 0.810. The zero-order chi connectivity index (χ0) is 28.5. The van der Waals surface area contributed by atoms with E-state index < -0.39 is 47.9 Å². The van der Waals surface area contributed by atoms with Crippen molar-refractivity contribution in [3.8, 4) is 0 Å². The summed E-state index contributed by atoms with van der Waals surface area (Å²) >= 11 is 0. The van der Waals surface area contributed by atoms with Crippen LogP contribution in [0.1, 0.15) is 29.7 Å². The minimum Gasteiger partial charge on any atom is -0.480 e. The van der Waals surface area contributed by atoms with Crippen LogP contribution in [0.3, 0.4) is 0 Å². The quantitative estimate of drug-likeness (QED) is 0.224. The zero-order valence-corrected chi connectivity index (χ0v) is 22.0. The number of carboxylic acid groups (broad SMARTS) is 1. The molecular weight excluding hydrogens is 512 g/mol. The van der Waals surface area contributed by atoms with Crippen molar-refractivity contribution in [3.05, 3.63) is 90.0 Å². The number of H-pyrrole nitrogens is 1. The van der Waals surface area contributed by atoms with Crippen LogP contribution in [-0.2, 0) is 38.4 Å². The fraction of sp³-hybridized carbons (Fsp3) is 0.345. The summed E-state index contributed by atoms with van der Waals surface area (Å²) in [5, 5.41) is 15.1. The van der Waals surface area contributed by atoms with Crippen molar-refractivity contribution in [1.82, 2.24) is 25.5 Å². The van der Waals surface area contributed by atoms with Gasteiger partial charge in [0, 0.05) is 37.7 Å². The number of nitrogens with one attached hydrogen (secondary N) is 3. The predicted molar refractivity (Wildman–Crippen MR) is 147 cm³/mol. The van der Waals surface area contributed by atoms with E-state index >= 15 is 0 Å². The van der Waals surface area contributed by atoms with Gasteiger partial charge >= 0.3 is 5.97 Å². The lowest BCUT2D eigenvalue weighted by Gasteiger charge is -2.30. The monoisotopic (exact) mass is 546 g/mol. The maximum absolute atomic E-state index is 13.8. The van der Waals surface area contributed by atoms with Gasteiger partial charge in [0.25, 0.3) is 0 Å². The number of nitrogens with two attached hydrogens (primary N) is 1. The number of aromatic amines is 1. The molecule has 3 aromatic rings. The van der Waals surface area contributed by atoms with Crippen molar-refractivity contribution in [2.45, 2.75) is 56.3 Å². The molecule has 0 aliphatic carbocycles. The number of carbonyl (C=O) groups excluding carboxylic acids is 3. The summed E-state index contributed by atoms with van der Waals surface area (Å²) in [7, 11) is 0. The summed E-state index contributed by atoms with van der Waals surface area (Å²) < 4.78 is 0. The minimum atomic E-state index is -1.16. The second-order valence-electron chi connectivity index (χ2n) is 9.92. The Labute approximate surface area is 232 Å². The van der Waals surface area contributed by atoms with Crippen molar-refractivity contribution < 1.29 is 24.3 Å². The van der Waals surface area contributed by atoms with Crippen LogP contribution in [-0.4, -0.2) is 74.4 Å². The number of amides is 3. The minimum absolute atomic E-state index is 0.115. The van der Waals surface area contributed by atoms with Gasteiger partial charge < -0.3 is 31.4 Å². The summed E-state index contributed by atoms with van der Waals surface area (Å²) in [6, 6.07) is 14.4. The smallest absolute Gasteiger partial charge is 0.326 e. The SMILES string of the molecule is NC(Cc1cnc[nH]1)C(=O)NC(Cc1ccccc1)C(=O)N1CCCC1C(=O)NC(Cc1ccccc1)C(=O)O. The van der Waals surface area contributed by atoms with E-state index in [1.165, 1.54) is 11.2 Å². The average molecular weight is 547 g/mol. The van der Waals surface area contributed by atoms with E-state index in [4.69, 9.17) is 5.73 Å². The summed E-state index contributed by atoms with van der Waals surface area (Å²) in [4.78, 5) is 60.3. The Morgan fingerprint density at radius 2 is 1.57 bits per heavy atom. The van der Waals surface area contributed by atoms with Crippen LogP contribution in [0, 0.1) is 0 Å². The van der Waals surface area contributed by atoms with Gasteiger partial charge in [-0.1, -0.05) is 60.7 Å². The molecule has 4 atom stereocenters. The van der Waals surface area contributed by atoms with Crippen molar-refractivity contribution in [2.24, 2.45) is 5.73 Å². The van der Waals surface area contributed by atoms with Crippen LogP contribution in [0.4, 0.5) is 0 Å². The van der Waals surface area contributed by atoms with E-state index in [0.29, 0.717) is 25.1 Å². The first kappa shape index (κ1) is 28.5. The largest absolute Gasteiger partial charge is 0.480 e. The molecule has 0 saturated carbocycles. The number of nitrogens with zero attached hydrogens (tertiary/aromatic N) is 2. The van der Waals surface area contributed by atoms with Crippen LogP contribution in [0.15, 0.2) is 73.2 Å². The molecule has 11 heteroatoms. The van der Waals surface area contributed by atoms with Crippen LogP contribution in [0.2, 0.25) is 0 Å². The summed E-state index contributed by atoms with van der Waals surface area (Å²) in [6.45, 7) is 0.314. The molecule has 11 nitrogen and oxygen atoms in total. The Bertz CT molecular complexity index is 1280. The molecule has 0 radical (unpaired) electrons. The standard InChI is InChI=1S/C29H34N6O5/c30-22(16-21-17-31-18-32-21)26(36)33-23(14-19-8-3-1-4-9-19)28(38)35-13-7-12-25(35)27(37)34-24(29(39)40)15-20-10-5-2-6-11-20/h1-6,8-11,17-18,22-25H,7,12-16,30H2,(H,31,32)(H,33,36)(H,34,37)(H,39,40). The number of hydrogen-bond donors (Lipinski definition) is 5. The molecule has 6 N–H and O–H groups in total. The van der Waals surface area contributed by atoms with E-state index in [9.17, 15) is 24.3 Å². The Balaban J connectivity index is 1.47. The van der Waals surface area contributed by atoms with Gasteiger partial charge in [-0.05, 0) is 24.0 Å². The molecular formula is C29H34N6O5. The Morgan fingerprint density at radius 3 is 2.15 bits per heavy atom. The van der Waals surface area contributed by atoms with E-state index in [2.05, 4.69) is 20.6 Å². The Hall–Kier alpha value is -4.51. The van der Waals surface area contributed by atoms with Crippen LogP contribution < -0.4 is 16.4 Å². The number of likely N-dealkylation sites (tertiary alicyclic amines) is 1. The molecule has 0 spiro atoms. The molecule has 1 aromatic heterocycles. The van der Waals surface area contributed by atoms with Crippen molar-refractivity contribution in [1.29, 1.82) is 0 Å². The van der Waals surface area contributed by atoms with E-state index in [1.54, 1.807) is 30.5 Å². The first-order valence-corrected chi connectivity index (χ1v) is 13.3. The van der Waals surface area contributed by atoms with Gasteiger partial charge in [-0.15, -0.1) is 0 Å². The number of hydrogen-bond acceptors (Lipinski definition) is 6. The molecule has 1 saturated heterocycles. The second-order valence-corrected chi connectivity index (χ2v) is 9.92. The molecule has 1 fully saturated rings. The fourth-order valence-corrected chi connectivity index (χ4v) is 4.88. The Morgan fingerprint density at radius 1 is 0.950 bits per heavy atom. The molecule has 4 unspecified atom stereocenters. The summed E-state index contributed by atoms with van der Waals surface area (Å²) in [6.07, 6.45) is 4.57. The number of aliphatic carboxylic acids is 1. The fourth-order valence-electron chi connectivity index (χ4n) is 4.88. The van der Waals surface area contributed by atoms with E-state index in [0.717, 1.165) is 11.1 Å². The number of benzene rings is 2. The molecule has 210 valence electrons.